The molecule has 0 heterocycles. The molecule has 1 atom stereocenters. The minimum absolute atomic E-state index is 0.105. The van der Waals surface area contributed by atoms with Gasteiger partial charge >= 0.3 is 0 Å². The highest BCUT2D eigenvalue weighted by atomic mass is 16.2. The summed E-state index contributed by atoms with van der Waals surface area (Å²) < 4.78 is 0. The van der Waals surface area contributed by atoms with E-state index in [0.717, 1.165) is 17.7 Å². The summed E-state index contributed by atoms with van der Waals surface area (Å²) in [5.74, 6) is -0.237. The van der Waals surface area contributed by atoms with Gasteiger partial charge in [-0.3, -0.25) is 9.59 Å². The zero-order valence-electron chi connectivity index (χ0n) is 11.4. The van der Waals surface area contributed by atoms with Crippen LogP contribution in [0.1, 0.15) is 32.3 Å². The maximum atomic E-state index is 11.6. The van der Waals surface area contributed by atoms with Gasteiger partial charge in [0.25, 0.3) is 0 Å². The average Bonchev–Trinajstić information content (AvgIpc) is 2.37. The van der Waals surface area contributed by atoms with Gasteiger partial charge in [-0.25, -0.2) is 0 Å². The highest BCUT2D eigenvalue weighted by molar-refractivity contribution is 5.88. The minimum atomic E-state index is -0.441. The van der Waals surface area contributed by atoms with Crippen molar-refractivity contribution in [3.8, 4) is 0 Å². The largest absolute Gasteiger partial charge is 0.351 e. The number of hydrogen-bond acceptors (Lipinski definition) is 3. The Hall–Kier alpha value is -1.88. The molecular weight excluding hydrogens is 242 g/mol. The second-order valence-electron chi connectivity index (χ2n) is 4.49. The molecule has 2 amide bonds. The van der Waals surface area contributed by atoms with Crippen molar-refractivity contribution in [3.05, 3.63) is 29.8 Å². The molecule has 0 bridgehead atoms. The minimum Gasteiger partial charge on any atom is -0.351 e. The summed E-state index contributed by atoms with van der Waals surface area (Å²) in [6, 6.07) is 6.88. The molecule has 0 saturated carbocycles. The molecule has 0 aliphatic heterocycles. The molecule has 1 rings (SSSR count). The van der Waals surface area contributed by atoms with Crippen molar-refractivity contribution >= 4 is 17.5 Å². The number of amides is 2. The molecule has 0 unspecified atom stereocenters. The van der Waals surface area contributed by atoms with Crippen molar-refractivity contribution in [1.29, 1.82) is 0 Å². The van der Waals surface area contributed by atoms with Crippen LogP contribution in [0.15, 0.2) is 24.3 Å². The van der Waals surface area contributed by atoms with E-state index in [2.05, 4.69) is 10.6 Å². The van der Waals surface area contributed by atoms with Crippen LogP contribution < -0.4 is 16.4 Å². The normalized spacial score (nSPS) is 11.7. The summed E-state index contributed by atoms with van der Waals surface area (Å²) in [6.07, 6.45) is 1.58. The molecule has 0 spiro atoms. The van der Waals surface area contributed by atoms with Crippen LogP contribution in [0.4, 0.5) is 5.69 Å². The second-order valence-corrected chi connectivity index (χ2v) is 4.49. The lowest BCUT2D eigenvalue weighted by molar-refractivity contribution is -0.122. The highest BCUT2D eigenvalue weighted by Gasteiger charge is 2.11. The van der Waals surface area contributed by atoms with Crippen molar-refractivity contribution in [2.45, 2.75) is 39.3 Å². The first-order valence-corrected chi connectivity index (χ1v) is 6.42. The number of nitrogens with two attached hydrogens (primary N) is 1. The highest BCUT2D eigenvalue weighted by Crippen LogP contribution is 2.09. The van der Waals surface area contributed by atoms with E-state index < -0.39 is 6.04 Å². The standard InChI is InChI=1S/C14H21N3O2/c1-3-4-13(15)14(19)16-9-11-5-7-12(8-6-11)17-10(2)18/h5-8,13H,3-4,9,15H2,1-2H3,(H,16,19)(H,17,18)/t13-/m0/s1. The molecule has 19 heavy (non-hydrogen) atoms. The Kier molecular flexibility index (Phi) is 6.02. The van der Waals surface area contributed by atoms with Crippen molar-refractivity contribution in [1.82, 2.24) is 5.32 Å². The number of carbonyl (C=O) groups excluding carboxylic acids is 2. The predicted molar refractivity (Wildman–Crippen MR) is 75.5 cm³/mol. The van der Waals surface area contributed by atoms with Crippen LogP contribution >= 0.6 is 0 Å². The Morgan fingerprint density at radius 1 is 1.26 bits per heavy atom. The summed E-state index contributed by atoms with van der Waals surface area (Å²) in [4.78, 5) is 22.5. The van der Waals surface area contributed by atoms with Gasteiger partial charge in [0.2, 0.25) is 11.8 Å². The van der Waals surface area contributed by atoms with E-state index >= 15 is 0 Å². The fourth-order valence-corrected chi connectivity index (χ4v) is 1.67. The van der Waals surface area contributed by atoms with Crippen molar-refractivity contribution in [2.75, 3.05) is 5.32 Å². The van der Waals surface area contributed by atoms with Gasteiger partial charge in [-0.1, -0.05) is 25.5 Å². The van der Waals surface area contributed by atoms with Crippen LogP contribution in [0, 0.1) is 0 Å². The van der Waals surface area contributed by atoms with Gasteiger partial charge in [-0.05, 0) is 24.1 Å². The molecule has 0 aromatic heterocycles. The van der Waals surface area contributed by atoms with E-state index in [-0.39, 0.29) is 11.8 Å². The first-order valence-electron chi connectivity index (χ1n) is 6.42. The van der Waals surface area contributed by atoms with Crippen LogP contribution in [0.3, 0.4) is 0 Å². The number of hydrogen-bond donors (Lipinski definition) is 3. The number of benzene rings is 1. The zero-order valence-corrected chi connectivity index (χ0v) is 11.4. The third-order valence-electron chi connectivity index (χ3n) is 2.68. The summed E-state index contributed by atoms with van der Waals surface area (Å²) in [5.41, 5.74) is 7.42. The number of anilines is 1. The fourth-order valence-electron chi connectivity index (χ4n) is 1.67. The van der Waals surface area contributed by atoms with Gasteiger partial charge < -0.3 is 16.4 Å². The molecule has 0 aliphatic carbocycles. The molecule has 5 heteroatoms. The topological polar surface area (TPSA) is 84.2 Å². The Balaban J connectivity index is 2.45. The van der Waals surface area contributed by atoms with Crippen molar-refractivity contribution in [2.24, 2.45) is 5.73 Å². The van der Waals surface area contributed by atoms with E-state index in [0.29, 0.717) is 13.0 Å². The van der Waals surface area contributed by atoms with E-state index in [9.17, 15) is 9.59 Å². The first kappa shape index (κ1) is 15.2. The molecule has 0 saturated heterocycles. The predicted octanol–water partition coefficient (Wildman–Crippen LogP) is 1.39. The molecule has 5 nitrogen and oxygen atoms in total. The molecule has 0 aliphatic rings. The van der Waals surface area contributed by atoms with Gasteiger partial charge in [0.1, 0.15) is 0 Å². The molecule has 0 fully saturated rings. The quantitative estimate of drug-likeness (QED) is 0.725. The zero-order chi connectivity index (χ0) is 14.3. The van der Waals surface area contributed by atoms with E-state index in [1.807, 2.05) is 19.1 Å². The maximum absolute atomic E-state index is 11.6. The average molecular weight is 263 g/mol. The molecule has 1 aromatic rings. The lowest BCUT2D eigenvalue weighted by atomic mass is 10.1. The molecule has 104 valence electrons. The smallest absolute Gasteiger partial charge is 0.237 e. The summed E-state index contributed by atoms with van der Waals surface area (Å²) in [7, 11) is 0. The fraction of sp³-hybridized carbons (Fsp3) is 0.429. The molecular formula is C14H21N3O2. The van der Waals surface area contributed by atoms with E-state index in [1.54, 1.807) is 12.1 Å². The van der Waals surface area contributed by atoms with Crippen LogP contribution in [-0.4, -0.2) is 17.9 Å². The van der Waals surface area contributed by atoms with Gasteiger partial charge in [0.05, 0.1) is 6.04 Å². The van der Waals surface area contributed by atoms with Gasteiger partial charge in [0, 0.05) is 19.2 Å². The van der Waals surface area contributed by atoms with Gasteiger partial charge in [0.15, 0.2) is 0 Å². The summed E-state index contributed by atoms with van der Waals surface area (Å²) >= 11 is 0. The van der Waals surface area contributed by atoms with Crippen LogP contribution in [0.5, 0.6) is 0 Å². The Morgan fingerprint density at radius 3 is 2.42 bits per heavy atom. The first-order chi connectivity index (χ1) is 9.02. The molecule has 1 aromatic carbocycles. The van der Waals surface area contributed by atoms with Crippen molar-refractivity contribution < 1.29 is 9.59 Å². The Morgan fingerprint density at radius 2 is 1.89 bits per heavy atom. The number of carbonyl (C=O) groups is 2. The van der Waals surface area contributed by atoms with Gasteiger partial charge in [-0.15, -0.1) is 0 Å². The van der Waals surface area contributed by atoms with Gasteiger partial charge in [-0.2, -0.15) is 0 Å². The van der Waals surface area contributed by atoms with Crippen LogP contribution in [0.25, 0.3) is 0 Å². The van der Waals surface area contributed by atoms with E-state index in [4.69, 9.17) is 5.73 Å². The number of rotatable bonds is 6. The Bertz CT molecular complexity index is 429. The monoisotopic (exact) mass is 263 g/mol. The summed E-state index contributed by atoms with van der Waals surface area (Å²) in [5, 5.41) is 5.48. The van der Waals surface area contributed by atoms with E-state index in [1.165, 1.54) is 6.92 Å². The second kappa shape index (κ2) is 7.53. The molecule has 0 radical (unpaired) electrons. The lowest BCUT2D eigenvalue weighted by Gasteiger charge is -2.11. The summed E-state index contributed by atoms with van der Waals surface area (Å²) in [6.45, 7) is 3.90. The third kappa shape index (κ3) is 5.52. The maximum Gasteiger partial charge on any atom is 0.237 e. The Labute approximate surface area is 113 Å². The molecule has 4 N–H and O–H groups in total. The number of nitrogens with one attached hydrogen (secondary N) is 2. The van der Waals surface area contributed by atoms with Crippen molar-refractivity contribution in [3.63, 3.8) is 0 Å². The van der Waals surface area contributed by atoms with Crippen LogP contribution in [-0.2, 0) is 16.1 Å². The van der Waals surface area contributed by atoms with Crippen LogP contribution in [0.2, 0.25) is 0 Å². The SMILES string of the molecule is CCC[C@H](N)C(=O)NCc1ccc(NC(C)=O)cc1. The lowest BCUT2D eigenvalue weighted by Crippen LogP contribution is -2.40. The third-order valence-corrected chi connectivity index (χ3v) is 2.68.